The molecule has 132 valence electrons. The zero-order chi connectivity index (χ0) is 17.6. The summed E-state index contributed by atoms with van der Waals surface area (Å²) < 4.78 is 5.32. The molecule has 6 nitrogen and oxygen atoms in total. The topological polar surface area (TPSA) is 58.9 Å². The normalized spacial score (nSPS) is 15.0. The monoisotopic (exact) mass is 341 g/mol. The number of hydrogen-bond acceptors (Lipinski definition) is 4. The maximum Gasteiger partial charge on any atom is 0.279 e. The lowest BCUT2D eigenvalue weighted by Gasteiger charge is -2.32. The minimum absolute atomic E-state index is 0.0187. The number of rotatable bonds is 5. The van der Waals surface area contributed by atoms with E-state index in [1.54, 1.807) is 7.11 Å². The van der Waals surface area contributed by atoms with Crippen LogP contribution in [0.15, 0.2) is 42.6 Å². The molecule has 6 heteroatoms. The standard InChI is InChI=1S/C19H24N4O2/c1-15-6-7-17(25-2)16(13-15)21-19(24)14-22-9-11-23(12-10-22)18-5-3-4-8-20-18/h3-8,13H,9-12,14H2,1-2H3,(H,21,24)/p+1. The lowest BCUT2D eigenvalue weighted by atomic mass is 10.2. The first-order chi connectivity index (χ1) is 12.2. The summed E-state index contributed by atoms with van der Waals surface area (Å²) in [6.45, 7) is 6.13. The molecule has 0 bridgehead atoms. The molecule has 0 radical (unpaired) electrons. The van der Waals surface area contributed by atoms with Crippen molar-refractivity contribution in [3.05, 3.63) is 48.2 Å². The number of anilines is 2. The molecule has 1 aliphatic rings. The van der Waals surface area contributed by atoms with Crippen molar-refractivity contribution in [2.24, 2.45) is 0 Å². The highest BCUT2D eigenvalue weighted by molar-refractivity contribution is 5.93. The molecule has 0 aliphatic carbocycles. The number of pyridine rings is 1. The number of quaternary nitrogens is 1. The number of piperazine rings is 1. The number of nitrogens with zero attached hydrogens (tertiary/aromatic N) is 2. The van der Waals surface area contributed by atoms with Crippen LogP contribution in [0.1, 0.15) is 5.56 Å². The molecule has 1 amide bonds. The Bertz CT molecular complexity index is 713. The molecule has 2 heterocycles. The number of aromatic nitrogens is 1. The van der Waals surface area contributed by atoms with E-state index < -0.39 is 0 Å². The number of methoxy groups -OCH3 is 1. The highest BCUT2D eigenvalue weighted by Crippen LogP contribution is 2.24. The summed E-state index contributed by atoms with van der Waals surface area (Å²) in [5.74, 6) is 1.72. The fourth-order valence-electron chi connectivity index (χ4n) is 3.11. The molecule has 0 atom stereocenters. The number of carbonyl (C=O) groups is 1. The smallest absolute Gasteiger partial charge is 0.279 e. The van der Waals surface area contributed by atoms with E-state index in [-0.39, 0.29) is 5.91 Å². The molecule has 0 saturated carbocycles. The highest BCUT2D eigenvalue weighted by atomic mass is 16.5. The van der Waals surface area contributed by atoms with Crippen LogP contribution in [0.5, 0.6) is 5.75 Å². The Morgan fingerprint density at radius 3 is 2.76 bits per heavy atom. The Hall–Kier alpha value is -2.60. The first-order valence-corrected chi connectivity index (χ1v) is 8.60. The number of ether oxygens (including phenoxy) is 1. The SMILES string of the molecule is COc1ccc(C)cc1NC(=O)C[NH+]1CCN(c2ccccn2)CC1. The molecule has 3 rings (SSSR count). The maximum atomic E-state index is 12.4. The second-order valence-corrected chi connectivity index (χ2v) is 6.35. The lowest BCUT2D eigenvalue weighted by Crippen LogP contribution is -3.15. The van der Waals surface area contributed by atoms with Crippen molar-refractivity contribution >= 4 is 17.4 Å². The van der Waals surface area contributed by atoms with Crippen molar-refractivity contribution in [1.29, 1.82) is 0 Å². The van der Waals surface area contributed by atoms with Gasteiger partial charge in [0.2, 0.25) is 0 Å². The number of benzene rings is 1. The van der Waals surface area contributed by atoms with Gasteiger partial charge in [-0.3, -0.25) is 4.79 Å². The zero-order valence-electron chi connectivity index (χ0n) is 14.8. The van der Waals surface area contributed by atoms with E-state index in [1.165, 1.54) is 4.90 Å². The van der Waals surface area contributed by atoms with E-state index in [1.807, 2.05) is 49.5 Å². The third-order valence-corrected chi connectivity index (χ3v) is 4.48. The molecule has 1 fully saturated rings. The second-order valence-electron chi connectivity index (χ2n) is 6.35. The molecular formula is C19H25N4O2+. The quantitative estimate of drug-likeness (QED) is 0.842. The van der Waals surface area contributed by atoms with Crippen molar-refractivity contribution in [2.75, 3.05) is 50.1 Å². The number of amides is 1. The van der Waals surface area contributed by atoms with Gasteiger partial charge in [0.15, 0.2) is 6.54 Å². The van der Waals surface area contributed by atoms with Gasteiger partial charge in [-0.05, 0) is 36.8 Å². The zero-order valence-corrected chi connectivity index (χ0v) is 14.8. The highest BCUT2D eigenvalue weighted by Gasteiger charge is 2.23. The van der Waals surface area contributed by atoms with Gasteiger partial charge in [0, 0.05) is 6.20 Å². The number of hydrogen-bond donors (Lipinski definition) is 2. The molecule has 1 aromatic heterocycles. The molecule has 2 N–H and O–H groups in total. The molecule has 25 heavy (non-hydrogen) atoms. The fraction of sp³-hybridized carbons (Fsp3) is 0.368. The van der Waals surface area contributed by atoms with Crippen LogP contribution < -0.4 is 19.9 Å². The van der Waals surface area contributed by atoms with E-state index in [9.17, 15) is 4.79 Å². The third-order valence-electron chi connectivity index (χ3n) is 4.48. The number of carbonyl (C=O) groups excluding carboxylic acids is 1. The summed E-state index contributed by atoms with van der Waals surface area (Å²) in [6.07, 6.45) is 1.82. The van der Waals surface area contributed by atoms with Gasteiger partial charge in [0.1, 0.15) is 11.6 Å². The Labute approximate surface area is 148 Å². The molecule has 2 aromatic rings. The van der Waals surface area contributed by atoms with Gasteiger partial charge < -0.3 is 19.9 Å². The maximum absolute atomic E-state index is 12.4. The van der Waals surface area contributed by atoms with Gasteiger partial charge in [-0.25, -0.2) is 4.98 Å². The van der Waals surface area contributed by atoms with Gasteiger partial charge in [0.05, 0.1) is 39.0 Å². The van der Waals surface area contributed by atoms with E-state index in [0.717, 1.165) is 43.2 Å². The summed E-state index contributed by atoms with van der Waals surface area (Å²) in [7, 11) is 1.61. The van der Waals surface area contributed by atoms with Crippen LogP contribution in [0.2, 0.25) is 0 Å². The second kappa shape index (κ2) is 7.98. The Balaban J connectivity index is 1.52. The Kier molecular flexibility index (Phi) is 5.50. The van der Waals surface area contributed by atoms with Crippen molar-refractivity contribution < 1.29 is 14.4 Å². The minimum Gasteiger partial charge on any atom is -0.495 e. The average Bonchev–Trinajstić information content (AvgIpc) is 2.63. The summed E-state index contributed by atoms with van der Waals surface area (Å²) in [6, 6.07) is 11.7. The number of nitrogens with one attached hydrogen (secondary N) is 2. The van der Waals surface area contributed by atoms with Crippen LogP contribution in [-0.2, 0) is 4.79 Å². The summed E-state index contributed by atoms with van der Waals surface area (Å²) in [5, 5.41) is 2.98. The van der Waals surface area contributed by atoms with Crippen molar-refractivity contribution in [2.45, 2.75) is 6.92 Å². The van der Waals surface area contributed by atoms with Crippen molar-refractivity contribution in [3.8, 4) is 5.75 Å². The Morgan fingerprint density at radius 1 is 1.28 bits per heavy atom. The van der Waals surface area contributed by atoms with Crippen LogP contribution in [0.25, 0.3) is 0 Å². The van der Waals surface area contributed by atoms with Gasteiger partial charge >= 0.3 is 0 Å². The van der Waals surface area contributed by atoms with Crippen LogP contribution >= 0.6 is 0 Å². The molecule has 1 saturated heterocycles. The molecular weight excluding hydrogens is 316 g/mol. The lowest BCUT2D eigenvalue weighted by molar-refractivity contribution is -0.892. The first-order valence-electron chi connectivity index (χ1n) is 8.60. The van der Waals surface area contributed by atoms with Crippen LogP contribution in [0.3, 0.4) is 0 Å². The van der Waals surface area contributed by atoms with Crippen LogP contribution in [0, 0.1) is 6.92 Å². The van der Waals surface area contributed by atoms with E-state index in [4.69, 9.17) is 4.74 Å². The van der Waals surface area contributed by atoms with Gasteiger partial charge in [-0.2, -0.15) is 0 Å². The summed E-state index contributed by atoms with van der Waals surface area (Å²) in [4.78, 5) is 20.4. The minimum atomic E-state index is 0.0187. The molecule has 0 unspecified atom stereocenters. The van der Waals surface area contributed by atoms with Crippen molar-refractivity contribution in [1.82, 2.24) is 4.98 Å². The Morgan fingerprint density at radius 2 is 2.08 bits per heavy atom. The molecule has 0 spiro atoms. The summed E-state index contributed by atoms with van der Waals surface area (Å²) >= 11 is 0. The van der Waals surface area contributed by atoms with Crippen molar-refractivity contribution in [3.63, 3.8) is 0 Å². The number of aryl methyl sites for hydroxylation is 1. The predicted octanol–water partition coefficient (Wildman–Crippen LogP) is 0.742. The predicted molar refractivity (Wildman–Crippen MR) is 98.4 cm³/mol. The molecule has 1 aliphatic heterocycles. The fourth-order valence-corrected chi connectivity index (χ4v) is 3.11. The van der Waals surface area contributed by atoms with E-state index in [0.29, 0.717) is 12.3 Å². The molecule has 1 aromatic carbocycles. The largest absolute Gasteiger partial charge is 0.495 e. The summed E-state index contributed by atoms with van der Waals surface area (Å²) in [5.41, 5.74) is 1.83. The third kappa shape index (κ3) is 4.48. The van der Waals surface area contributed by atoms with E-state index in [2.05, 4.69) is 15.2 Å². The van der Waals surface area contributed by atoms with E-state index >= 15 is 0 Å². The van der Waals surface area contributed by atoms with Gasteiger partial charge in [-0.15, -0.1) is 0 Å². The average molecular weight is 341 g/mol. The van der Waals surface area contributed by atoms with Crippen LogP contribution in [-0.4, -0.2) is 50.7 Å². The van der Waals surface area contributed by atoms with Gasteiger partial charge in [0.25, 0.3) is 5.91 Å². The van der Waals surface area contributed by atoms with Gasteiger partial charge in [-0.1, -0.05) is 12.1 Å². The van der Waals surface area contributed by atoms with Crippen LogP contribution in [0.4, 0.5) is 11.5 Å². The first kappa shape index (κ1) is 17.2.